The second kappa shape index (κ2) is 16.4. The quantitative estimate of drug-likeness (QED) is 0.236. The lowest BCUT2D eigenvalue weighted by atomic mass is 9.47. The smallest absolute Gasteiger partial charge is 0.145 e. The molecule has 4 heteroatoms. The lowest BCUT2D eigenvalue weighted by Gasteiger charge is -2.59. The van der Waals surface area contributed by atoms with E-state index in [4.69, 9.17) is 9.90 Å². The highest BCUT2D eigenvalue weighted by Gasteiger charge is 2.66. The van der Waals surface area contributed by atoms with Crippen LogP contribution in [0.2, 0.25) is 0 Å². The molecule has 35 heavy (non-hydrogen) atoms. The van der Waals surface area contributed by atoms with Gasteiger partial charge in [0.05, 0.1) is 18.3 Å². The van der Waals surface area contributed by atoms with Gasteiger partial charge in [-0.2, -0.15) is 0 Å². The normalized spacial score (nSPS) is 40.2. The number of rotatable bonds is 3. The Morgan fingerprint density at radius 1 is 1.11 bits per heavy atom. The molecule has 3 fully saturated rings. The Morgan fingerprint density at radius 3 is 2.06 bits per heavy atom. The Labute approximate surface area is 217 Å². The van der Waals surface area contributed by atoms with Crippen LogP contribution >= 0.6 is 0 Å². The van der Waals surface area contributed by atoms with E-state index in [1.807, 2.05) is 34.6 Å². The molecule has 0 bridgehead atoms. The number of carbonyl (C=O) groups is 1. The molecule has 0 spiro atoms. The molecule has 7 unspecified atom stereocenters. The molecular weight excluding hydrogens is 436 g/mol. The maximum Gasteiger partial charge on any atom is 0.145 e. The third-order valence-corrected chi connectivity index (χ3v) is 8.82. The van der Waals surface area contributed by atoms with E-state index >= 15 is 0 Å². The molecule has 3 aliphatic rings. The fourth-order valence-corrected chi connectivity index (χ4v) is 6.98. The monoisotopic (exact) mass is 492 g/mol. The minimum Gasteiger partial charge on any atom is -0.393 e. The standard InChI is InChI=1S/C23H38O2.C2H4O2.2C2H6.C2H2/c1-7-9-12-21(4)16(8-2)10-11-17-18-13-15(3)23(6,25)22(18,5)14-19(24)20(17)21;3-1-2-4;3*1-2/h8-9,12,15,17-20,24-25H,7,10-11,13-14H2,1-6H3;1,4H,2H2;2*1-2H3;1-2H/b12-9-,16-8-;;;;/t15?,17?,18?,19?,20?,21?,22?,23-;;;;/m1..../s1. The summed E-state index contributed by atoms with van der Waals surface area (Å²) in [6, 6.07) is 0. The van der Waals surface area contributed by atoms with Crippen molar-refractivity contribution >= 4 is 6.29 Å². The molecule has 3 rings (SSSR count). The molecule has 3 aliphatic carbocycles. The number of aliphatic hydroxyl groups is 3. The van der Waals surface area contributed by atoms with E-state index in [0.717, 1.165) is 32.1 Å². The number of aldehydes is 1. The SMILES string of the molecule is C#C.C/C=C1/CCC2C(C(O)CC3(C)C2CC(C)[C@@]3(C)O)C1(C)/C=C\CC.CC.CC.O=CCO. The fraction of sp³-hybridized carbons (Fsp3) is 0.774. The minimum absolute atomic E-state index is 0.0495. The third kappa shape index (κ3) is 7.09. The zero-order chi connectivity index (χ0) is 28.0. The van der Waals surface area contributed by atoms with Gasteiger partial charge >= 0.3 is 0 Å². The van der Waals surface area contributed by atoms with Crippen molar-refractivity contribution in [2.45, 2.75) is 113 Å². The highest BCUT2D eigenvalue weighted by Crippen LogP contribution is 2.67. The van der Waals surface area contributed by atoms with E-state index in [9.17, 15) is 10.2 Å². The first-order chi connectivity index (χ1) is 16.5. The number of carbonyl (C=O) groups excluding carboxylic acids is 1. The lowest BCUT2D eigenvalue weighted by molar-refractivity contribution is -0.163. The van der Waals surface area contributed by atoms with Crippen molar-refractivity contribution in [2.75, 3.05) is 6.61 Å². The molecule has 0 amide bonds. The number of hydrogen-bond acceptors (Lipinski definition) is 4. The van der Waals surface area contributed by atoms with E-state index in [2.05, 4.69) is 65.7 Å². The predicted molar refractivity (Wildman–Crippen MR) is 150 cm³/mol. The molecule has 204 valence electrons. The van der Waals surface area contributed by atoms with Crippen LogP contribution in [0.4, 0.5) is 0 Å². The zero-order valence-electron chi connectivity index (χ0n) is 24.3. The molecule has 0 heterocycles. The molecular formula is C31H56O4. The number of allylic oxidation sites excluding steroid dienone is 4. The summed E-state index contributed by atoms with van der Waals surface area (Å²) >= 11 is 0. The van der Waals surface area contributed by atoms with Gasteiger partial charge in [0.1, 0.15) is 6.29 Å². The van der Waals surface area contributed by atoms with Crippen LogP contribution < -0.4 is 0 Å². The first kappa shape index (κ1) is 35.8. The fourth-order valence-electron chi connectivity index (χ4n) is 6.98. The topological polar surface area (TPSA) is 77.8 Å². The predicted octanol–water partition coefficient (Wildman–Crippen LogP) is 6.59. The highest BCUT2D eigenvalue weighted by molar-refractivity contribution is 5.49. The van der Waals surface area contributed by atoms with Crippen molar-refractivity contribution in [1.29, 1.82) is 0 Å². The van der Waals surface area contributed by atoms with Crippen molar-refractivity contribution < 1.29 is 20.1 Å². The molecule has 3 saturated carbocycles. The Bertz CT molecular complexity index is 677. The van der Waals surface area contributed by atoms with Gasteiger partial charge in [-0.05, 0) is 63.7 Å². The van der Waals surface area contributed by atoms with Crippen LogP contribution in [-0.4, -0.2) is 39.9 Å². The maximum atomic E-state index is 11.3. The van der Waals surface area contributed by atoms with Crippen LogP contribution in [0.25, 0.3) is 0 Å². The second-order valence-corrected chi connectivity index (χ2v) is 10.1. The van der Waals surface area contributed by atoms with Gasteiger partial charge in [0, 0.05) is 16.7 Å². The Morgan fingerprint density at radius 2 is 1.63 bits per heavy atom. The summed E-state index contributed by atoms with van der Waals surface area (Å²) in [7, 11) is 0. The van der Waals surface area contributed by atoms with Gasteiger partial charge in [-0.15, -0.1) is 12.8 Å². The van der Waals surface area contributed by atoms with Crippen LogP contribution in [0.5, 0.6) is 0 Å². The average molecular weight is 493 g/mol. The molecule has 0 radical (unpaired) electrons. The first-order valence-electron chi connectivity index (χ1n) is 13.7. The summed E-state index contributed by atoms with van der Waals surface area (Å²) in [5, 5.41) is 30.1. The lowest BCUT2D eigenvalue weighted by Crippen LogP contribution is -2.58. The minimum atomic E-state index is -0.680. The van der Waals surface area contributed by atoms with Crippen LogP contribution in [0.15, 0.2) is 23.8 Å². The zero-order valence-corrected chi connectivity index (χ0v) is 24.3. The van der Waals surface area contributed by atoms with Crippen molar-refractivity contribution in [2.24, 2.45) is 34.5 Å². The van der Waals surface area contributed by atoms with Crippen LogP contribution in [-0.2, 0) is 4.79 Å². The Balaban J connectivity index is 0. The molecule has 0 aliphatic heterocycles. The number of fused-ring (bicyclic) bond motifs is 3. The van der Waals surface area contributed by atoms with Gasteiger partial charge in [0.15, 0.2) is 0 Å². The van der Waals surface area contributed by atoms with Gasteiger partial charge in [0.2, 0.25) is 0 Å². The summed E-state index contributed by atoms with van der Waals surface area (Å²) in [6.45, 7) is 20.8. The van der Waals surface area contributed by atoms with Crippen LogP contribution in [0, 0.1) is 47.3 Å². The highest BCUT2D eigenvalue weighted by atomic mass is 16.3. The van der Waals surface area contributed by atoms with Gasteiger partial charge < -0.3 is 20.1 Å². The largest absolute Gasteiger partial charge is 0.393 e. The number of terminal acetylenes is 1. The van der Waals surface area contributed by atoms with Crippen molar-refractivity contribution in [1.82, 2.24) is 0 Å². The Hall–Kier alpha value is -1.41. The van der Waals surface area contributed by atoms with Gasteiger partial charge in [0.25, 0.3) is 0 Å². The summed E-state index contributed by atoms with van der Waals surface area (Å²) in [4.78, 5) is 8.92. The molecule has 0 aromatic carbocycles. The van der Waals surface area contributed by atoms with Gasteiger partial charge in [-0.25, -0.2) is 0 Å². The van der Waals surface area contributed by atoms with Crippen molar-refractivity contribution in [3.05, 3.63) is 23.8 Å². The maximum absolute atomic E-state index is 11.3. The van der Waals surface area contributed by atoms with Crippen LogP contribution in [0.1, 0.15) is 101 Å². The van der Waals surface area contributed by atoms with E-state index in [-0.39, 0.29) is 29.5 Å². The molecule has 0 aromatic rings. The summed E-state index contributed by atoms with van der Waals surface area (Å²) in [5.74, 6) is 1.59. The third-order valence-electron chi connectivity index (χ3n) is 8.82. The summed E-state index contributed by atoms with van der Waals surface area (Å²) < 4.78 is 0. The summed E-state index contributed by atoms with van der Waals surface area (Å²) in [6.07, 6.45) is 20.2. The Kier molecular flexibility index (Phi) is 16.7. The molecule has 4 nitrogen and oxygen atoms in total. The van der Waals surface area contributed by atoms with Crippen molar-refractivity contribution in [3.8, 4) is 12.8 Å². The van der Waals surface area contributed by atoms with E-state index in [0.29, 0.717) is 24.0 Å². The average Bonchev–Trinajstić information content (AvgIpc) is 3.05. The molecule has 8 atom stereocenters. The molecule has 0 aromatic heterocycles. The molecule has 3 N–H and O–H groups in total. The van der Waals surface area contributed by atoms with E-state index in [1.54, 1.807) is 0 Å². The summed E-state index contributed by atoms with van der Waals surface area (Å²) in [5.41, 5.74) is 0.584. The van der Waals surface area contributed by atoms with E-state index < -0.39 is 5.60 Å². The van der Waals surface area contributed by atoms with Gasteiger partial charge in [-0.3, -0.25) is 0 Å². The molecule has 0 saturated heterocycles. The van der Waals surface area contributed by atoms with E-state index in [1.165, 1.54) is 5.57 Å². The van der Waals surface area contributed by atoms with Crippen molar-refractivity contribution in [3.63, 3.8) is 0 Å². The van der Waals surface area contributed by atoms with Gasteiger partial charge in [-0.1, -0.05) is 79.2 Å². The second-order valence-electron chi connectivity index (χ2n) is 10.1. The number of hydrogen-bond donors (Lipinski definition) is 3. The number of aliphatic hydroxyl groups excluding tert-OH is 2. The van der Waals surface area contributed by atoms with Crippen LogP contribution in [0.3, 0.4) is 0 Å². The first-order valence-corrected chi connectivity index (χ1v) is 13.7.